The second kappa shape index (κ2) is 9.57. The highest BCUT2D eigenvalue weighted by molar-refractivity contribution is 6.32. The summed E-state index contributed by atoms with van der Waals surface area (Å²) < 4.78 is 11.0. The van der Waals surface area contributed by atoms with Crippen LogP contribution in [0.1, 0.15) is 50.4 Å². The van der Waals surface area contributed by atoms with E-state index in [0.717, 1.165) is 19.3 Å². The molecule has 0 fully saturated rings. The summed E-state index contributed by atoms with van der Waals surface area (Å²) >= 11 is 6.25. The van der Waals surface area contributed by atoms with Crippen molar-refractivity contribution in [3.63, 3.8) is 0 Å². The van der Waals surface area contributed by atoms with Gasteiger partial charge in [0.05, 0.1) is 18.7 Å². The van der Waals surface area contributed by atoms with E-state index in [9.17, 15) is 4.79 Å². The van der Waals surface area contributed by atoms with E-state index in [-0.39, 0.29) is 5.91 Å². The van der Waals surface area contributed by atoms with E-state index in [1.165, 1.54) is 0 Å². The predicted octanol–water partition coefficient (Wildman–Crippen LogP) is 4.30. The minimum atomic E-state index is -0.151. The van der Waals surface area contributed by atoms with E-state index in [1.54, 1.807) is 19.2 Å². The van der Waals surface area contributed by atoms with E-state index >= 15 is 0 Å². The molecule has 124 valence electrons. The molecule has 4 nitrogen and oxygen atoms in total. The number of nitrogens with one attached hydrogen (secondary N) is 1. The molecule has 0 unspecified atom stereocenters. The van der Waals surface area contributed by atoms with Gasteiger partial charge in [0.2, 0.25) is 0 Å². The van der Waals surface area contributed by atoms with Crippen molar-refractivity contribution in [2.45, 2.75) is 40.0 Å². The maximum absolute atomic E-state index is 12.1. The minimum Gasteiger partial charge on any atom is -0.493 e. The third kappa shape index (κ3) is 5.76. The summed E-state index contributed by atoms with van der Waals surface area (Å²) in [5.74, 6) is 1.38. The standard InChI is InChI=1S/C17H26ClNO3/c1-5-6-8-19-17(20)13-10-14(18)16(15(11-13)21-4)22-9-7-12(2)3/h10-12H,5-9H2,1-4H3,(H,19,20). The molecule has 1 aromatic carbocycles. The van der Waals surface area contributed by atoms with Crippen LogP contribution in [0.5, 0.6) is 11.5 Å². The Balaban J connectivity index is 2.83. The molecule has 22 heavy (non-hydrogen) atoms. The van der Waals surface area contributed by atoms with Crippen molar-refractivity contribution in [2.75, 3.05) is 20.3 Å². The highest BCUT2D eigenvalue weighted by Crippen LogP contribution is 2.36. The number of carbonyl (C=O) groups excluding carboxylic acids is 1. The van der Waals surface area contributed by atoms with Gasteiger partial charge in [-0.25, -0.2) is 0 Å². The fourth-order valence-corrected chi connectivity index (χ4v) is 2.13. The Hall–Kier alpha value is -1.42. The van der Waals surface area contributed by atoms with Gasteiger partial charge >= 0.3 is 0 Å². The van der Waals surface area contributed by atoms with Gasteiger partial charge in [-0.1, -0.05) is 38.8 Å². The Morgan fingerprint density at radius 1 is 1.36 bits per heavy atom. The summed E-state index contributed by atoms with van der Waals surface area (Å²) in [5, 5.41) is 3.25. The van der Waals surface area contributed by atoms with Gasteiger partial charge in [-0.15, -0.1) is 0 Å². The van der Waals surface area contributed by atoms with Crippen LogP contribution in [-0.2, 0) is 0 Å². The average molecular weight is 328 g/mol. The zero-order valence-electron chi connectivity index (χ0n) is 13.9. The van der Waals surface area contributed by atoms with Crippen molar-refractivity contribution >= 4 is 17.5 Å². The van der Waals surface area contributed by atoms with Crippen LogP contribution >= 0.6 is 11.6 Å². The summed E-state index contributed by atoms with van der Waals surface area (Å²) in [6, 6.07) is 3.29. The van der Waals surface area contributed by atoms with Crippen molar-refractivity contribution in [3.05, 3.63) is 22.7 Å². The smallest absolute Gasteiger partial charge is 0.251 e. The van der Waals surface area contributed by atoms with Gasteiger partial charge in [-0.05, 0) is 30.9 Å². The van der Waals surface area contributed by atoms with Crippen LogP contribution in [0, 0.1) is 5.92 Å². The van der Waals surface area contributed by atoms with Crippen LogP contribution in [-0.4, -0.2) is 26.2 Å². The number of amides is 1. The van der Waals surface area contributed by atoms with Crippen molar-refractivity contribution in [1.29, 1.82) is 0 Å². The number of benzene rings is 1. The second-order valence-electron chi connectivity index (χ2n) is 5.63. The van der Waals surface area contributed by atoms with Crippen LogP contribution in [0.4, 0.5) is 0 Å². The van der Waals surface area contributed by atoms with E-state index < -0.39 is 0 Å². The summed E-state index contributed by atoms with van der Waals surface area (Å²) in [7, 11) is 1.54. The molecule has 1 rings (SSSR count). The molecular weight excluding hydrogens is 302 g/mol. The highest BCUT2D eigenvalue weighted by Gasteiger charge is 2.15. The molecule has 0 aliphatic rings. The van der Waals surface area contributed by atoms with Crippen molar-refractivity contribution in [3.8, 4) is 11.5 Å². The first kappa shape index (κ1) is 18.6. The number of carbonyl (C=O) groups is 1. The number of halogens is 1. The van der Waals surface area contributed by atoms with Crippen LogP contribution in [0.25, 0.3) is 0 Å². The molecule has 0 saturated carbocycles. The maximum Gasteiger partial charge on any atom is 0.251 e. The predicted molar refractivity (Wildman–Crippen MR) is 90.2 cm³/mol. The third-order valence-electron chi connectivity index (χ3n) is 3.25. The Morgan fingerprint density at radius 2 is 2.09 bits per heavy atom. The zero-order valence-corrected chi connectivity index (χ0v) is 14.6. The van der Waals surface area contributed by atoms with Crippen LogP contribution < -0.4 is 14.8 Å². The molecule has 0 spiro atoms. The molecule has 5 heteroatoms. The fraction of sp³-hybridized carbons (Fsp3) is 0.588. The van der Waals surface area contributed by atoms with E-state index in [0.29, 0.717) is 41.2 Å². The van der Waals surface area contributed by atoms with Crippen LogP contribution in [0.3, 0.4) is 0 Å². The molecule has 0 saturated heterocycles. The number of unbranched alkanes of at least 4 members (excludes halogenated alkanes) is 1. The first-order valence-corrected chi connectivity index (χ1v) is 8.15. The van der Waals surface area contributed by atoms with E-state index in [4.69, 9.17) is 21.1 Å². The summed E-state index contributed by atoms with van der Waals surface area (Å²) in [6.07, 6.45) is 2.92. The SMILES string of the molecule is CCCCNC(=O)c1cc(Cl)c(OCCC(C)C)c(OC)c1. The van der Waals surface area contributed by atoms with Gasteiger partial charge in [0.15, 0.2) is 11.5 Å². The van der Waals surface area contributed by atoms with Gasteiger partial charge in [0, 0.05) is 12.1 Å². The molecule has 0 bridgehead atoms. The fourth-order valence-electron chi connectivity index (χ4n) is 1.87. The molecule has 1 aromatic rings. The number of ether oxygens (including phenoxy) is 2. The lowest BCUT2D eigenvalue weighted by atomic mass is 10.1. The number of hydrogen-bond acceptors (Lipinski definition) is 3. The second-order valence-corrected chi connectivity index (χ2v) is 6.04. The molecule has 1 amide bonds. The maximum atomic E-state index is 12.1. The van der Waals surface area contributed by atoms with E-state index in [1.807, 2.05) is 0 Å². The number of hydrogen-bond donors (Lipinski definition) is 1. The van der Waals surface area contributed by atoms with Gasteiger partial charge in [0.1, 0.15) is 0 Å². The minimum absolute atomic E-state index is 0.151. The lowest BCUT2D eigenvalue weighted by Gasteiger charge is -2.15. The molecule has 0 atom stereocenters. The van der Waals surface area contributed by atoms with Crippen LogP contribution in [0.15, 0.2) is 12.1 Å². The Morgan fingerprint density at radius 3 is 2.68 bits per heavy atom. The average Bonchev–Trinajstić information content (AvgIpc) is 2.48. The molecule has 0 aliphatic carbocycles. The Kier molecular flexibility index (Phi) is 8.10. The number of methoxy groups -OCH3 is 1. The van der Waals surface area contributed by atoms with Gasteiger partial charge in [-0.2, -0.15) is 0 Å². The molecule has 0 radical (unpaired) electrons. The van der Waals surface area contributed by atoms with Crippen molar-refractivity contribution in [1.82, 2.24) is 5.32 Å². The number of rotatable bonds is 9. The topological polar surface area (TPSA) is 47.6 Å². The van der Waals surface area contributed by atoms with Gasteiger partial charge in [0.25, 0.3) is 5.91 Å². The monoisotopic (exact) mass is 327 g/mol. The van der Waals surface area contributed by atoms with Crippen molar-refractivity contribution < 1.29 is 14.3 Å². The molecule has 1 N–H and O–H groups in total. The Labute approximate surface area is 138 Å². The molecular formula is C17H26ClNO3. The first-order chi connectivity index (χ1) is 10.5. The van der Waals surface area contributed by atoms with Crippen molar-refractivity contribution in [2.24, 2.45) is 5.92 Å². The normalized spacial score (nSPS) is 10.6. The Bertz CT molecular complexity index is 489. The molecule has 0 aromatic heterocycles. The summed E-state index contributed by atoms with van der Waals surface area (Å²) in [4.78, 5) is 12.1. The quantitative estimate of drug-likeness (QED) is 0.688. The largest absolute Gasteiger partial charge is 0.493 e. The first-order valence-electron chi connectivity index (χ1n) is 7.78. The molecule has 0 aliphatic heterocycles. The zero-order chi connectivity index (χ0) is 16.5. The lowest BCUT2D eigenvalue weighted by Crippen LogP contribution is -2.24. The van der Waals surface area contributed by atoms with Crippen LogP contribution in [0.2, 0.25) is 5.02 Å². The van der Waals surface area contributed by atoms with Gasteiger partial charge < -0.3 is 14.8 Å². The third-order valence-corrected chi connectivity index (χ3v) is 3.53. The van der Waals surface area contributed by atoms with Gasteiger partial charge in [-0.3, -0.25) is 4.79 Å². The summed E-state index contributed by atoms with van der Waals surface area (Å²) in [6.45, 7) is 7.56. The lowest BCUT2D eigenvalue weighted by molar-refractivity contribution is 0.0952. The highest BCUT2D eigenvalue weighted by atomic mass is 35.5. The summed E-state index contributed by atoms with van der Waals surface area (Å²) in [5.41, 5.74) is 0.481. The van der Waals surface area contributed by atoms with E-state index in [2.05, 4.69) is 26.1 Å². The molecule has 0 heterocycles.